The summed E-state index contributed by atoms with van der Waals surface area (Å²) in [5.74, 6) is 0. The van der Waals surface area contributed by atoms with E-state index in [1.54, 1.807) is 0 Å². The predicted octanol–water partition coefficient (Wildman–Crippen LogP) is 2.48. The molecule has 0 aromatic rings. The van der Waals surface area contributed by atoms with Crippen LogP contribution < -0.4 is 0 Å². The molecular formula is C12H24O2. The number of aliphatic hydroxyl groups is 2. The van der Waals surface area contributed by atoms with Crippen LogP contribution >= 0.6 is 0 Å². The second kappa shape index (κ2) is 3.49. The number of rotatable bonds is 4. The zero-order valence-corrected chi connectivity index (χ0v) is 9.93. The number of hydrogen-bond donors (Lipinski definition) is 2. The first-order valence-electron chi connectivity index (χ1n) is 5.90. The Kier molecular flexibility index (Phi) is 2.99. The fraction of sp³-hybridized carbons (Fsp3) is 1.00. The maximum absolute atomic E-state index is 10.4. The molecule has 1 aliphatic rings. The first-order chi connectivity index (χ1) is 6.45. The van der Waals surface area contributed by atoms with Crippen molar-refractivity contribution in [1.82, 2.24) is 0 Å². The van der Waals surface area contributed by atoms with E-state index in [1.807, 2.05) is 13.8 Å². The lowest BCUT2D eigenvalue weighted by Gasteiger charge is -2.66. The summed E-state index contributed by atoms with van der Waals surface area (Å²) < 4.78 is 0. The Hall–Kier alpha value is -0.0800. The van der Waals surface area contributed by atoms with E-state index in [0.717, 1.165) is 25.7 Å². The maximum Gasteiger partial charge on any atom is 0.0755 e. The van der Waals surface area contributed by atoms with Crippen molar-refractivity contribution >= 4 is 0 Å². The van der Waals surface area contributed by atoms with Gasteiger partial charge in [-0.1, -0.05) is 27.7 Å². The second-order valence-electron chi connectivity index (χ2n) is 4.74. The maximum atomic E-state index is 10.4. The van der Waals surface area contributed by atoms with Crippen molar-refractivity contribution in [1.29, 1.82) is 0 Å². The quantitative estimate of drug-likeness (QED) is 0.732. The molecule has 2 heteroatoms. The van der Waals surface area contributed by atoms with Crippen LogP contribution in [0, 0.1) is 5.41 Å². The summed E-state index contributed by atoms with van der Waals surface area (Å²) in [6.45, 7) is 8.17. The van der Waals surface area contributed by atoms with E-state index in [9.17, 15) is 10.2 Å². The SMILES string of the molecule is CCC1(O)CC(O)(CC)C1(CC)CC. The highest BCUT2D eigenvalue weighted by Crippen LogP contribution is 2.63. The highest BCUT2D eigenvalue weighted by Gasteiger charge is 2.69. The molecule has 2 atom stereocenters. The van der Waals surface area contributed by atoms with Gasteiger partial charge in [0.15, 0.2) is 0 Å². The third-order valence-corrected chi connectivity index (χ3v) is 4.74. The summed E-state index contributed by atoms with van der Waals surface area (Å²) in [5, 5.41) is 20.9. The normalized spacial score (nSPS) is 40.7. The van der Waals surface area contributed by atoms with E-state index < -0.39 is 11.2 Å². The third-order valence-electron chi connectivity index (χ3n) is 4.74. The average molecular weight is 200 g/mol. The van der Waals surface area contributed by atoms with E-state index in [4.69, 9.17) is 0 Å². The molecule has 0 bridgehead atoms. The van der Waals surface area contributed by atoms with Crippen molar-refractivity contribution in [2.45, 2.75) is 71.0 Å². The van der Waals surface area contributed by atoms with Crippen molar-refractivity contribution < 1.29 is 10.2 Å². The summed E-state index contributed by atoms with van der Waals surface area (Å²) in [7, 11) is 0. The van der Waals surface area contributed by atoms with Gasteiger partial charge in [-0.15, -0.1) is 0 Å². The summed E-state index contributed by atoms with van der Waals surface area (Å²) in [6.07, 6.45) is 3.76. The average Bonchev–Trinajstić information content (AvgIpc) is 2.18. The van der Waals surface area contributed by atoms with Crippen molar-refractivity contribution in [3.63, 3.8) is 0 Å². The second-order valence-corrected chi connectivity index (χ2v) is 4.74. The molecule has 0 amide bonds. The van der Waals surface area contributed by atoms with Crippen LogP contribution in [0.3, 0.4) is 0 Å². The molecule has 1 aliphatic carbocycles. The van der Waals surface area contributed by atoms with Gasteiger partial charge >= 0.3 is 0 Å². The van der Waals surface area contributed by atoms with Crippen LogP contribution in [0.5, 0.6) is 0 Å². The molecule has 0 aromatic heterocycles. The molecule has 14 heavy (non-hydrogen) atoms. The zero-order chi connectivity index (χ0) is 11.0. The molecule has 0 spiro atoms. The van der Waals surface area contributed by atoms with Crippen LogP contribution in [0.2, 0.25) is 0 Å². The molecule has 0 aromatic carbocycles. The summed E-state index contributed by atoms with van der Waals surface area (Å²) >= 11 is 0. The Morgan fingerprint density at radius 2 is 1.14 bits per heavy atom. The van der Waals surface area contributed by atoms with Crippen LogP contribution in [-0.2, 0) is 0 Å². The Balaban J connectivity index is 3.02. The third kappa shape index (κ3) is 1.10. The smallest absolute Gasteiger partial charge is 0.0755 e. The van der Waals surface area contributed by atoms with Gasteiger partial charge in [0.05, 0.1) is 11.2 Å². The van der Waals surface area contributed by atoms with Crippen LogP contribution in [0.4, 0.5) is 0 Å². The molecule has 1 saturated carbocycles. The van der Waals surface area contributed by atoms with Crippen molar-refractivity contribution in [3.05, 3.63) is 0 Å². The molecule has 0 heterocycles. The Labute approximate surface area is 87.3 Å². The van der Waals surface area contributed by atoms with Gasteiger partial charge in [0.25, 0.3) is 0 Å². The Bertz CT molecular complexity index is 192. The first-order valence-corrected chi connectivity index (χ1v) is 5.90. The molecule has 2 unspecified atom stereocenters. The van der Waals surface area contributed by atoms with Crippen LogP contribution in [-0.4, -0.2) is 21.4 Å². The Morgan fingerprint density at radius 3 is 1.36 bits per heavy atom. The van der Waals surface area contributed by atoms with Gasteiger partial charge in [0, 0.05) is 11.8 Å². The largest absolute Gasteiger partial charge is 0.389 e. The summed E-state index contributed by atoms with van der Waals surface area (Å²) in [5.41, 5.74) is -1.55. The highest BCUT2D eigenvalue weighted by molar-refractivity contribution is 5.20. The van der Waals surface area contributed by atoms with E-state index in [0.29, 0.717) is 6.42 Å². The van der Waals surface area contributed by atoms with E-state index in [-0.39, 0.29) is 5.41 Å². The molecule has 0 aliphatic heterocycles. The minimum atomic E-state index is -0.638. The number of hydrogen-bond acceptors (Lipinski definition) is 2. The van der Waals surface area contributed by atoms with E-state index >= 15 is 0 Å². The van der Waals surface area contributed by atoms with Gasteiger partial charge in [-0.2, -0.15) is 0 Å². The van der Waals surface area contributed by atoms with Crippen LogP contribution in [0.15, 0.2) is 0 Å². The van der Waals surface area contributed by atoms with Gasteiger partial charge < -0.3 is 10.2 Å². The molecule has 2 N–H and O–H groups in total. The van der Waals surface area contributed by atoms with Gasteiger partial charge in [-0.3, -0.25) is 0 Å². The predicted molar refractivity (Wildman–Crippen MR) is 58.1 cm³/mol. The molecule has 2 nitrogen and oxygen atoms in total. The molecule has 0 radical (unpaired) electrons. The minimum Gasteiger partial charge on any atom is -0.389 e. The monoisotopic (exact) mass is 200 g/mol. The van der Waals surface area contributed by atoms with Gasteiger partial charge in [0.2, 0.25) is 0 Å². The molecule has 84 valence electrons. The topological polar surface area (TPSA) is 40.5 Å². The van der Waals surface area contributed by atoms with Gasteiger partial charge in [-0.25, -0.2) is 0 Å². The lowest BCUT2D eigenvalue weighted by molar-refractivity contribution is -0.307. The van der Waals surface area contributed by atoms with Gasteiger partial charge in [-0.05, 0) is 25.7 Å². The van der Waals surface area contributed by atoms with Crippen LogP contribution in [0.25, 0.3) is 0 Å². The molecule has 0 saturated heterocycles. The lowest BCUT2D eigenvalue weighted by atomic mass is 9.43. The standard InChI is InChI=1S/C12H24O2/c1-5-10(6-2)11(13,7-3)9-12(10,14)8-4/h13-14H,5-9H2,1-4H3. The minimum absolute atomic E-state index is 0.274. The molecule has 1 fully saturated rings. The Morgan fingerprint density at radius 1 is 0.786 bits per heavy atom. The summed E-state index contributed by atoms with van der Waals surface area (Å²) in [4.78, 5) is 0. The van der Waals surface area contributed by atoms with Crippen molar-refractivity contribution in [2.75, 3.05) is 0 Å². The van der Waals surface area contributed by atoms with E-state index in [1.165, 1.54) is 0 Å². The summed E-state index contributed by atoms with van der Waals surface area (Å²) in [6, 6.07) is 0. The first kappa shape index (κ1) is 12.0. The van der Waals surface area contributed by atoms with Crippen molar-refractivity contribution in [2.24, 2.45) is 5.41 Å². The van der Waals surface area contributed by atoms with Gasteiger partial charge in [0.1, 0.15) is 0 Å². The lowest BCUT2D eigenvalue weighted by Crippen LogP contribution is -2.73. The molecule has 1 rings (SSSR count). The highest BCUT2D eigenvalue weighted by atomic mass is 16.3. The fourth-order valence-corrected chi connectivity index (χ4v) is 3.64. The zero-order valence-electron chi connectivity index (χ0n) is 9.93. The van der Waals surface area contributed by atoms with Crippen LogP contribution in [0.1, 0.15) is 59.8 Å². The van der Waals surface area contributed by atoms with E-state index in [2.05, 4.69) is 13.8 Å². The fourth-order valence-electron chi connectivity index (χ4n) is 3.64. The van der Waals surface area contributed by atoms with Crippen molar-refractivity contribution in [3.8, 4) is 0 Å². The molecular weight excluding hydrogens is 176 g/mol.